The first-order valence-electron chi connectivity index (χ1n) is 13.6. The molecule has 2 aliphatic rings. The van der Waals surface area contributed by atoms with E-state index in [0.717, 1.165) is 30.5 Å². The standard InChI is InChI=1S/C30H36N4O5S/c1-33(27(22-9-4-2-5-10-22)20-34-18-16-23(35)19-34)29(36)21-39-28-15-14-26(30-25(28)13-8-17-31-30)32-40(37,38)24-11-6-3-7-12-24/h2-7,9-12,14-15,23,27,31-32,35H,8,13,16-21H2,1H3/t23-,27?/m0/s1. The molecule has 1 amide bonds. The van der Waals surface area contributed by atoms with Gasteiger partial charge in [-0.15, -0.1) is 0 Å². The number of amides is 1. The maximum Gasteiger partial charge on any atom is 0.261 e. The molecule has 2 atom stereocenters. The zero-order valence-corrected chi connectivity index (χ0v) is 23.4. The normalized spacial score (nSPS) is 17.9. The van der Waals surface area contributed by atoms with Gasteiger partial charge < -0.3 is 20.1 Å². The molecule has 10 heteroatoms. The highest BCUT2D eigenvalue weighted by Crippen LogP contribution is 2.38. The van der Waals surface area contributed by atoms with Crippen molar-refractivity contribution in [2.75, 3.05) is 49.9 Å². The summed E-state index contributed by atoms with van der Waals surface area (Å²) in [4.78, 5) is 17.5. The molecule has 212 valence electrons. The van der Waals surface area contributed by atoms with Crippen molar-refractivity contribution in [3.63, 3.8) is 0 Å². The number of carbonyl (C=O) groups excluding carboxylic acids is 1. The van der Waals surface area contributed by atoms with E-state index in [4.69, 9.17) is 4.74 Å². The first kappa shape index (κ1) is 27.9. The number of benzene rings is 3. The lowest BCUT2D eigenvalue weighted by Gasteiger charge is -2.32. The number of carbonyl (C=O) groups is 1. The number of nitrogens with one attached hydrogen (secondary N) is 2. The Morgan fingerprint density at radius 1 is 1.12 bits per heavy atom. The molecule has 40 heavy (non-hydrogen) atoms. The molecular weight excluding hydrogens is 528 g/mol. The van der Waals surface area contributed by atoms with Gasteiger partial charge in [0, 0.05) is 38.8 Å². The molecule has 3 aromatic rings. The lowest BCUT2D eigenvalue weighted by atomic mass is 10.0. The second-order valence-corrected chi connectivity index (χ2v) is 12.0. The van der Waals surface area contributed by atoms with Crippen LogP contribution in [0.3, 0.4) is 0 Å². The number of β-amino-alcohol motifs (C(OH)–C–C–N with tert-alkyl or cyclic N) is 1. The number of hydrogen-bond acceptors (Lipinski definition) is 7. The van der Waals surface area contributed by atoms with Crippen LogP contribution in [-0.4, -0.2) is 75.2 Å². The molecule has 5 rings (SSSR count). The average Bonchev–Trinajstić information content (AvgIpc) is 3.40. The number of likely N-dealkylation sites (N-methyl/N-ethyl adjacent to an activating group) is 1. The molecule has 2 aliphatic heterocycles. The predicted molar refractivity (Wildman–Crippen MR) is 155 cm³/mol. The van der Waals surface area contributed by atoms with Crippen LogP contribution >= 0.6 is 0 Å². The Balaban J connectivity index is 1.31. The highest BCUT2D eigenvalue weighted by Gasteiger charge is 2.29. The van der Waals surface area contributed by atoms with Gasteiger partial charge in [-0.05, 0) is 49.1 Å². The fourth-order valence-corrected chi connectivity index (χ4v) is 6.44. The smallest absolute Gasteiger partial charge is 0.261 e. The Kier molecular flexibility index (Phi) is 8.58. The Hall–Kier alpha value is -3.60. The van der Waals surface area contributed by atoms with Gasteiger partial charge in [-0.25, -0.2) is 8.42 Å². The van der Waals surface area contributed by atoms with Crippen LogP contribution in [0.2, 0.25) is 0 Å². The van der Waals surface area contributed by atoms with Crippen molar-refractivity contribution in [2.45, 2.75) is 36.3 Å². The van der Waals surface area contributed by atoms with Crippen molar-refractivity contribution in [3.05, 3.63) is 83.9 Å². The van der Waals surface area contributed by atoms with Crippen molar-refractivity contribution < 1.29 is 23.1 Å². The third-order valence-electron chi connectivity index (χ3n) is 7.55. The molecule has 0 bridgehead atoms. The van der Waals surface area contributed by atoms with Gasteiger partial charge in [-0.3, -0.25) is 14.4 Å². The minimum atomic E-state index is -3.76. The number of sulfonamides is 1. The van der Waals surface area contributed by atoms with Crippen LogP contribution in [-0.2, 0) is 21.2 Å². The fourth-order valence-electron chi connectivity index (χ4n) is 5.35. The number of rotatable bonds is 10. The molecule has 0 aromatic heterocycles. The Bertz CT molecular complexity index is 1420. The highest BCUT2D eigenvalue weighted by atomic mass is 32.2. The van der Waals surface area contributed by atoms with Crippen molar-refractivity contribution in [1.29, 1.82) is 0 Å². The second kappa shape index (κ2) is 12.3. The molecule has 1 unspecified atom stereocenters. The Morgan fingerprint density at radius 3 is 2.55 bits per heavy atom. The van der Waals surface area contributed by atoms with Gasteiger partial charge in [0.05, 0.1) is 28.4 Å². The number of aliphatic hydroxyl groups excluding tert-OH is 1. The average molecular weight is 565 g/mol. The third kappa shape index (κ3) is 6.41. The van der Waals surface area contributed by atoms with E-state index in [1.54, 1.807) is 54.4 Å². The Morgan fingerprint density at radius 2 is 1.85 bits per heavy atom. The molecule has 1 saturated heterocycles. The summed E-state index contributed by atoms with van der Waals surface area (Å²) in [6.45, 7) is 2.58. The van der Waals surface area contributed by atoms with E-state index in [1.807, 2.05) is 30.3 Å². The van der Waals surface area contributed by atoms with Gasteiger partial charge in [0.1, 0.15) is 5.75 Å². The van der Waals surface area contributed by atoms with E-state index in [2.05, 4.69) is 14.9 Å². The number of anilines is 2. The maximum absolute atomic E-state index is 13.4. The lowest BCUT2D eigenvalue weighted by Crippen LogP contribution is -2.41. The largest absolute Gasteiger partial charge is 0.483 e. The molecule has 3 aromatic carbocycles. The van der Waals surface area contributed by atoms with Crippen LogP contribution in [0.25, 0.3) is 0 Å². The van der Waals surface area contributed by atoms with Crippen molar-refractivity contribution in [2.24, 2.45) is 0 Å². The zero-order chi connectivity index (χ0) is 28.1. The predicted octanol–water partition coefficient (Wildman–Crippen LogP) is 3.49. The summed E-state index contributed by atoms with van der Waals surface area (Å²) in [5.74, 6) is 0.394. The number of nitrogens with zero attached hydrogens (tertiary/aromatic N) is 2. The number of likely N-dealkylation sites (tertiary alicyclic amines) is 1. The minimum Gasteiger partial charge on any atom is -0.483 e. The van der Waals surface area contributed by atoms with Gasteiger partial charge in [0.15, 0.2) is 6.61 Å². The number of fused-ring (bicyclic) bond motifs is 1. The van der Waals surface area contributed by atoms with Crippen LogP contribution in [0, 0.1) is 0 Å². The summed E-state index contributed by atoms with van der Waals surface area (Å²) in [6.07, 6.45) is 1.97. The summed E-state index contributed by atoms with van der Waals surface area (Å²) in [5, 5.41) is 13.3. The molecule has 3 N–H and O–H groups in total. The molecule has 9 nitrogen and oxygen atoms in total. The first-order chi connectivity index (χ1) is 19.3. The number of hydrogen-bond donors (Lipinski definition) is 3. The molecule has 0 aliphatic carbocycles. The van der Waals surface area contributed by atoms with Crippen LogP contribution < -0.4 is 14.8 Å². The van der Waals surface area contributed by atoms with Gasteiger partial charge >= 0.3 is 0 Å². The van der Waals surface area contributed by atoms with Crippen molar-refractivity contribution in [3.8, 4) is 5.75 Å². The molecule has 0 saturated carbocycles. The monoisotopic (exact) mass is 564 g/mol. The lowest BCUT2D eigenvalue weighted by molar-refractivity contribution is -0.134. The van der Waals surface area contributed by atoms with Crippen LogP contribution in [0.1, 0.15) is 30.0 Å². The van der Waals surface area contributed by atoms with Crippen LogP contribution in [0.15, 0.2) is 77.7 Å². The van der Waals surface area contributed by atoms with E-state index < -0.39 is 10.0 Å². The van der Waals surface area contributed by atoms with E-state index in [0.29, 0.717) is 43.2 Å². The van der Waals surface area contributed by atoms with Gasteiger partial charge in [-0.1, -0.05) is 48.5 Å². The summed E-state index contributed by atoms with van der Waals surface area (Å²) in [5.41, 5.74) is 3.00. The quantitative estimate of drug-likeness (QED) is 0.346. The summed E-state index contributed by atoms with van der Waals surface area (Å²) in [7, 11) is -1.97. The van der Waals surface area contributed by atoms with Crippen molar-refractivity contribution >= 4 is 27.3 Å². The molecule has 0 radical (unpaired) electrons. The molecule has 0 spiro atoms. The minimum absolute atomic E-state index is 0.149. The van der Waals surface area contributed by atoms with Gasteiger partial charge in [0.2, 0.25) is 0 Å². The van der Waals surface area contributed by atoms with E-state index >= 15 is 0 Å². The van der Waals surface area contributed by atoms with Gasteiger partial charge in [-0.2, -0.15) is 0 Å². The van der Waals surface area contributed by atoms with E-state index in [9.17, 15) is 18.3 Å². The Labute approximate surface area is 235 Å². The molecule has 1 fully saturated rings. The topological polar surface area (TPSA) is 111 Å². The number of ether oxygens (including phenoxy) is 1. The van der Waals surface area contributed by atoms with Crippen molar-refractivity contribution in [1.82, 2.24) is 9.80 Å². The first-order valence-corrected chi connectivity index (χ1v) is 15.1. The second-order valence-electron chi connectivity index (χ2n) is 10.3. The summed E-state index contributed by atoms with van der Waals surface area (Å²) >= 11 is 0. The zero-order valence-electron chi connectivity index (χ0n) is 22.6. The third-order valence-corrected chi connectivity index (χ3v) is 8.93. The van der Waals surface area contributed by atoms with E-state index in [1.165, 1.54) is 0 Å². The summed E-state index contributed by atoms with van der Waals surface area (Å²) < 4.78 is 34.7. The number of aliphatic hydroxyl groups is 1. The van der Waals surface area contributed by atoms with Gasteiger partial charge in [0.25, 0.3) is 15.9 Å². The molecule has 2 heterocycles. The van der Waals surface area contributed by atoms with Crippen LogP contribution in [0.5, 0.6) is 5.75 Å². The van der Waals surface area contributed by atoms with E-state index in [-0.39, 0.29) is 29.6 Å². The fraction of sp³-hybridized carbons (Fsp3) is 0.367. The molecular formula is C30H36N4O5S. The summed E-state index contributed by atoms with van der Waals surface area (Å²) in [6, 6.07) is 21.4. The van der Waals surface area contributed by atoms with Crippen LogP contribution in [0.4, 0.5) is 11.4 Å². The highest BCUT2D eigenvalue weighted by molar-refractivity contribution is 7.92. The SMILES string of the molecule is CN(C(=O)COc1ccc(NS(=O)(=O)c2ccccc2)c2c1CCCN2)C(CN1CC[C@H](O)C1)c1ccccc1. The maximum atomic E-state index is 13.4.